The van der Waals surface area contributed by atoms with E-state index in [1.54, 1.807) is 13.8 Å². The van der Waals surface area contributed by atoms with E-state index in [1.165, 1.54) is 24.4 Å². The molecule has 0 aliphatic rings. The molecule has 1 N–H and O–H groups in total. The molecule has 0 aliphatic carbocycles. The molecule has 1 aromatic heterocycles. The molecule has 0 radical (unpaired) electrons. The van der Waals surface area contributed by atoms with Crippen LogP contribution in [0.5, 0.6) is 0 Å². The summed E-state index contributed by atoms with van der Waals surface area (Å²) in [6.07, 6.45) is 1.50. The van der Waals surface area contributed by atoms with Gasteiger partial charge in [0.2, 0.25) is 0 Å². The van der Waals surface area contributed by atoms with Crippen LogP contribution in [0, 0.1) is 12.7 Å². The summed E-state index contributed by atoms with van der Waals surface area (Å²) in [5.74, 6) is -0.486. The van der Waals surface area contributed by atoms with Crippen molar-refractivity contribution < 1.29 is 9.18 Å². The van der Waals surface area contributed by atoms with Crippen molar-refractivity contribution >= 4 is 29.1 Å². The summed E-state index contributed by atoms with van der Waals surface area (Å²) in [4.78, 5) is 20.0. The van der Waals surface area contributed by atoms with Crippen LogP contribution in [0.2, 0.25) is 10.0 Å². The van der Waals surface area contributed by atoms with Gasteiger partial charge in [0.25, 0.3) is 5.91 Å². The van der Waals surface area contributed by atoms with Crippen LogP contribution in [-0.2, 0) is 0 Å². The Morgan fingerprint density at radius 3 is 2.71 bits per heavy atom. The Bertz CT molecular complexity index is 694. The lowest BCUT2D eigenvalue weighted by atomic mass is 10.1. The molecule has 1 unspecified atom stereocenters. The Hall–Kier alpha value is -1.72. The fourth-order valence-electron chi connectivity index (χ4n) is 1.80. The normalized spacial score (nSPS) is 12.0. The van der Waals surface area contributed by atoms with E-state index in [9.17, 15) is 9.18 Å². The maximum Gasteiger partial charge on any atom is 0.270 e. The zero-order valence-electron chi connectivity index (χ0n) is 11.3. The van der Waals surface area contributed by atoms with Gasteiger partial charge in [-0.25, -0.2) is 14.4 Å². The van der Waals surface area contributed by atoms with Gasteiger partial charge < -0.3 is 5.32 Å². The minimum absolute atomic E-state index is 0.0614. The largest absolute Gasteiger partial charge is 0.344 e. The number of carbonyl (C=O) groups excluding carboxylic acids is 1. The van der Waals surface area contributed by atoms with Gasteiger partial charge in [-0.2, -0.15) is 0 Å². The molecule has 1 amide bonds. The van der Waals surface area contributed by atoms with E-state index >= 15 is 0 Å². The molecule has 1 heterocycles. The highest BCUT2D eigenvalue weighted by molar-refractivity contribution is 6.35. The quantitative estimate of drug-likeness (QED) is 0.874. The Labute approximate surface area is 131 Å². The van der Waals surface area contributed by atoms with Crippen molar-refractivity contribution in [2.75, 3.05) is 0 Å². The Balaban J connectivity index is 2.20. The van der Waals surface area contributed by atoms with Crippen LogP contribution in [0.1, 0.15) is 34.8 Å². The van der Waals surface area contributed by atoms with E-state index in [2.05, 4.69) is 15.3 Å². The number of halogens is 3. The first-order valence-electron chi connectivity index (χ1n) is 6.13. The standard InChI is InChI=1S/C14H12Cl2FN3O/c1-7(9-5-12(17)11(16)6-10(9)15)19-14(21)13-3-4-18-8(2)20-13/h3-7H,1-2H3,(H,19,21). The van der Waals surface area contributed by atoms with Gasteiger partial charge >= 0.3 is 0 Å². The molecule has 0 saturated carbocycles. The van der Waals surface area contributed by atoms with E-state index in [4.69, 9.17) is 23.2 Å². The highest BCUT2D eigenvalue weighted by atomic mass is 35.5. The first-order chi connectivity index (χ1) is 9.88. The van der Waals surface area contributed by atoms with Crippen LogP contribution in [0.15, 0.2) is 24.4 Å². The van der Waals surface area contributed by atoms with Crippen LogP contribution >= 0.6 is 23.2 Å². The maximum absolute atomic E-state index is 13.5. The summed E-state index contributed by atoms with van der Waals surface area (Å²) in [7, 11) is 0. The summed E-state index contributed by atoms with van der Waals surface area (Å²) in [6.45, 7) is 3.38. The molecular weight excluding hydrogens is 316 g/mol. The minimum Gasteiger partial charge on any atom is -0.344 e. The highest BCUT2D eigenvalue weighted by Gasteiger charge is 2.17. The number of aryl methyl sites for hydroxylation is 1. The summed E-state index contributed by atoms with van der Waals surface area (Å²) < 4.78 is 13.5. The zero-order valence-corrected chi connectivity index (χ0v) is 12.8. The van der Waals surface area contributed by atoms with Crippen molar-refractivity contribution in [1.82, 2.24) is 15.3 Å². The maximum atomic E-state index is 13.5. The summed E-state index contributed by atoms with van der Waals surface area (Å²) in [5, 5.41) is 2.93. The second kappa shape index (κ2) is 6.37. The Kier molecular flexibility index (Phi) is 4.75. The average Bonchev–Trinajstić information content (AvgIpc) is 2.42. The van der Waals surface area contributed by atoms with Gasteiger partial charge in [0.05, 0.1) is 11.1 Å². The van der Waals surface area contributed by atoms with Gasteiger partial charge in [-0.15, -0.1) is 0 Å². The smallest absolute Gasteiger partial charge is 0.270 e. The monoisotopic (exact) mass is 327 g/mol. The molecule has 1 aromatic carbocycles. The molecule has 2 aromatic rings. The minimum atomic E-state index is -0.588. The van der Waals surface area contributed by atoms with E-state index in [0.29, 0.717) is 11.4 Å². The fourth-order valence-corrected chi connectivity index (χ4v) is 2.35. The van der Waals surface area contributed by atoms with Gasteiger partial charge in [0.15, 0.2) is 0 Å². The van der Waals surface area contributed by atoms with Crippen LogP contribution in [0.25, 0.3) is 0 Å². The molecular formula is C14H12Cl2FN3O. The molecule has 1 atom stereocenters. The molecule has 0 aliphatic heterocycles. The van der Waals surface area contributed by atoms with E-state index in [-0.39, 0.29) is 21.6 Å². The topological polar surface area (TPSA) is 54.9 Å². The summed E-state index contributed by atoms with van der Waals surface area (Å²) in [5.41, 5.74) is 0.678. The first-order valence-corrected chi connectivity index (χ1v) is 6.89. The van der Waals surface area contributed by atoms with Crippen molar-refractivity contribution in [3.8, 4) is 0 Å². The van der Waals surface area contributed by atoms with Crippen molar-refractivity contribution in [2.45, 2.75) is 19.9 Å². The van der Waals surface area contributed by atoms with Crippen molar-refractivity contribution in [1.29, 1.82) is 0 Å². The van der Waals surface area contributed by atoms with E-state index < -0.39 is 11.9 Å². The van der Waals surface area contributed by atoms with Crippen molar-refractivity contribution in [3.63, 3.8) is 0 Å². The first kappa shape index (κ1) is 15.7. The van der Waals surface area contributed by atoms with Gasteiger partial charge in [-0.3, -0.25) is 4.79 Å². The van der Waals surface area contributed by atoms with Crippen LogP contribution in [-0.4, -0.2) is 15.9 Å². The number of nitrogens with one attached hydrogen (secondary N) is 1. The van der Waals surface area contributed by atoms with Gasteiger partial charge in [-0.1, -0.05) is 23.2 Å². The molecule has 21 heavy (non-hydrogen) atoms. The number of benzene rings is 1. The number of nitrogens with zero attached hydrogens (tertiary/aromatic N) is 2. The molecule has 0 saturated heterocycles. The molecule has 0 fully saturated rings. The van der Waals surface area contributed by atoms with Crippen LogP contribution in [0.3, 0.4) is 0 Å². The molecule has 7 heteroatoms. The van der Waals surface area contributed by atoms with Crippen molar-refractivity contribution in [3.05, 3.63) is 57.3 Å². The van der Waals surface area contributed by atoms with E-state index in [1.807, 2.05) is 0 Å². The predicted molar refractivity (Wildman–Crippen MR) is 79.1 cm³/mol. The Morgan fingerprint density at radius 2 is 2.05 bits per heavy atom. The number of carbonyl (C=O) groups is 1. The molecule has 0 bridgehead atoms. The third-order valence-corrected chi connectivity index (χ3v) is 3.48. The number of hydrogen-bond acceptors (Lipinski definition) is 3. The average molecular weight is 328 g/mol. The predicted octanol–water partition coefficient (Wildman–Crippen LogP) is 3.72. The van der Waals surface area contributed by atoms with Gasteiger partial charge in [0.1, 0.15) is 17.3 Å². The molecule has 110 valence electrons. The fraction of sp³-hybridized carbons (Fsp3) is 0.214. The number of aromatic nitrogens is 2. The molecule has 2 rings (SSSR count). The van der Waals surface area contributed by atoms with Gasteiger partial charge in [0, 0.05) is 11.2 Å². The lowest BCUT2D eigenvalue weighted by Crippen LogP contribution is -2.28. The van der Waals surface area contributed by atoms with Crippen molar-refractivity contribution in [2.24, 2.45) is 0 Å². The lowest BCUT2D eigenvalue weighted by Gasteiger charge is -2.16. The second-order valence-electron chi connectivity index (χ2n) is 4.47. The van der Waals surface area contributed by atoms with Crippen LogP contribution < -0.4 is 5.32 Å². The highest BCUT2D eigenvalue weighted by Crippen LogP contribution is 2.28. The number of hydrogen-bond donors (Lipinski definition) is 1. The third kappa shape index (κ3) is 3.68. The number of amides is 1. The zero-order chi connectivity index (χ0) is 15.6. The molecule has 4 nitrogen and oxygen atoms in total. The summed E-state index contributed by atoms with van der Waals surface area (Å²) >= 11 is 11.7. The van der Waals surface area contributed by atoms with Crippen LogP contribution in [0.4, 0.5) is 4.39 Å². The summed E-state index contributed by atoms with van der Waals surface area (Å²) in [6, 6.07) is 3.53. The third-order valence-electron chi connectivity index (χ3n) is 2.86. The second-order valence-corrected chi connectivity index (χ2v) is 5.29. The number of rotatable bonds is 3. The van der Waals surface area contributed by atoms with E-state index in [0.717, 1.165) is 0 Å². The Morgan fingerprint density at radius 1 is 1.33 bits per heavy atom. The van der Waals surface area contributed by atoms with Gasteiger partial charge in [-0.05, 0) is 37.6 Å². The lowest BCUT2D eigenvalue weighted by molar-refractivity contribution is 0.0934. The SMILES string of the molecule is Cc1nccc(C(=O)NC(C)c2cc(F)c(Cl)cc2Cl)n1. The molecule has 0 spiro atoms.